The van der Waals surface area contributed by atoms with Crippen LogP contribution in [0.1, 0.15) is 23.5 Å². The van der Waals surface area contributed by atoms with Gasteiger partial charge < -0.3 is 9.88 Å². The summed E-state index contributed by atoms with van der Waals surface area (Å²) in [5, 5.41) is 3.07. The van der Waals surface area contributed by atoms with Crippen LogP contribution in [0.15, 0.2) is 73.3 Å². The van der Waals surface area contributed by atoms with E-state index >= 15 is 0 Å². The van der Waals surface area contributed by atoms with Gasteiger partial charge in [0.05, 0.1) is 6.33 Å². The monoisotopic (exact) mass is 343 g/mol. The Morgan fingerprint density at radius 3 is 2.15 bits per heavy atom. The number of nitrogens with zero attached hydrogens (tertiary/aromatic N) is 4. The van der Waals surface area contributed by atoms with Crippen LogP contribution >= 0.6 is 0 Å². The van der Waals surface area contributed by atoms with Crippen LogP contribution in [-0.2, 0) is 6.54 Å². The quantitative estimate of drug-likeness (QED) is 0.573. The average molecular weight is 343 g/mol. The van der Waals surface area contributed by atoms with Crippen LogP contribution in [0, 0.1) is 0 Å². The first-order chi connectivity index (χ1) is 12.9. The zero-order valence-corrected chi connectivity index (χ0v) is 14.7. The minimum Gasteiger partial charge on any atom is -0.371 e. The molecule has 0 bridgehead atoms. The molecule has 0 saturated heterocycles. The summed E-state index contributed by atoms with van der Waals surface area (Å²) in [5.41, 5.74) is 4.33. The number of imidazole rings is 1. The van der Waals surface area contributed by atoms with Crippen molar-refractivity contribution in [2.24, 2.45) is 0 Å². The third kappa shape index (κ3) is 3.16. The van der Waals surface area contributed by atoms with Crippen molar-refractivity contribution in [1.29, 1.82) is 0 Å². The molecule has 2 heterocycles. The Balaban J connectivity index is 1.63. The Morgan fingerprint density at radius 1 is 0.885 bits per heavy atom. The van der Waals surface area contributed by atoms with E-state index in [-0.39, 0.29) is 0 Å². The van der Waals surface area contributed by atoms with Gasteiger partial charge in [0.2, 0.25) is 0 Å². The zero-order chi connectivity index (χ0) is 17.8. The number of aryl methyl sites for hydroxylation is 1. The summed E-state index contributed by atoms with van der Waals surface area (Å²) in [6.07, 6.45) is 4.41. The third-order valence-corrected chi connectivity index (χ3v) is 4.70. The van der Waals surface area contributed by atoms with Crippen LogP contribution < -0.4 is 5.32 Å². The van der Waals surface area contributed by atoms with Crippen molar-refractivity contribution in [3.8, 4) is 0 Å². The predicted molar refractivity (Wildman–Crippen MR) is 104 cm³/mol. The smallest absolute Gasteiger partial charge is 0.165 e. The Kier molecular flexibility index (Phi) is 4.60. The molecule has 0 aliphatic carbocycles. The lowest BCUT2D eigenvalue weighted by Gasteiger charge is -2.18. The van der Waals surface area contributed by atoms with Crippen molar-refractivity contribution in [3.63, 3.8) is 0 Å². The van der Waals surface area contributed by atoms with Crippen LogP contribution in [0.3, 0.4) is 0 Å². The molecule has 130 valence electrons. The molecule has 2 aromatic heterocycles. The van der Waals surface area contributed by atoms with Gasteiger partial charge >= 0.3 is 0 Å². The molecule has 2 aromatic carbocycles. The summed E-state index contributed by atoms with van der Waals surface area (Å²) >= 11 is 0. The maximum atomic E-state index is 4.49. The second-order valence-corrected chi connectivity index (χ2v) is 6.25. The molecule has 0 spiro atoms. The first-order valence-corrected chi connectivity index (χ1v) is 8.80. The molecule has 0 radical (unpaired) electrons. The van der Waals surface area contributed by atoms with Gasteiger partial charge in [0, 0.05) is 19.5 Å². The highest BCUT2D eigenvalue weighted by atomic mass is 15.1. The minimum atomic E-state index is 0.334. The fourth-order valence-corrected chi connectivity index (χ4v) is 3.39. The largest absolute Gasteiger partial charge is 0.371 e. The van der Waals surface area contributed by atoms with Crippen LogP contribution in [0.2, 0.25) is 0 Å². The first kappa shape index (κ1) is 16.3. The van der Waals surface area contributed by atoms with Gasteiger partial charge in [-0.05, 0) is 17.5 Å². The van der Waals surface area contributed by atoms with Crippen LogP contribution in [0.5, 0.6) is 0 Å². The molecule has 4 aromatic rings. The van der Waals surface area contributed by atoms with Crippen LogP contribution in [0.25, 0.3) is 11.2 Å². The van der Waals surface area contributed by atoms with Crippen molar-refractivity contribution < 1.29 is 0 Å². The van der Waals surface area contributed by atoms with E-state index in [0.29, 0.717) is 5.92 Å². The molecular formula is C21H21N5. The number of anilines is 1. The van der Waals surface area contributed by atoms with E-state index in [0.717, 1.165) is 29.9 Å². The number of hydrogen-bond donors (Lipinski definition) is 1. The molecule has 4 rings (SSSR count). The number of benzene rings is 2. The number of fused-ring (bicyclic) bond motifs is 1. The van der Waals surface area contributed by atoms with Gasteiger partial charge in [0.15, 0.2) is 11.5 Å². The van der Waals surface area contributed by atoms with Gasteiger partial charge in [0.1, 0.15) is 11.8 Å². The van der Waals surface area contributed by atoms with Crippen molar-refractivity contribution in [3.05, 3.63) is 84.4 Å². The molecule has 0 aliphatic rings. The Morgan fingerprint density at radius 2 is 1.54 bits per heavy atom. The maximum absolute atomic E-state index is 4.49. The number of aromatic nitrogens is 4. The third-order valence-electron chi connectivity index (χ3n) is 4.70. The van der Waals surface area contributed by atoms with Crippen LogP contribution in [-0.4, -0.2) is 26.6 Å². The second-order valence-electron chi connectivity index (χ2n) is 6.25. The van der Waals surface area contributed by atoms with Crippen molar-refractivity contribution in [2.75, 3.05) is 12.4 Å². The van der Waals surface area contributed by atoms with E-state index in [1.807, 2.05) is 13.4 Å². The molecule has 0 fully saturated rings. The molecule has 0 unspecified atom stereocenters. The topological polar surface area (TPSA) is 55.6 Å². The summed E-state index contributed by atoms with van der Waals surface area (Å²) in [5.74, 6) is 1.09. The molecular weight excluding hydrogens is 322 g/mol. The summed E-state index contributed by atoms with van der Waals surface area (Å²) < 4.78 is 2.11. The molecule has 26 heavy (non-hydrogen) atoms. The fourth-order valence-electron chi connectivity index (χ4n) is 3.39. The van der Waals surface area contributed by atoms with E-state index in [1.54, 1.807) is 6.33 Å². The molecule has 0 atom stereocenters. The number of hydrogen-bond acceptors (Lipinski definition) is 4. The lowest BCUT2D eigenvalue weighted by Crippen LogP contribution is -2.07. The molecule has 5 heteroatoms. The number of nitrogens with one attached hydrogen (secondary N) is 1. The standard InChI is InChI=1S/C21H21N5/c1-22-20-19-21(24-14-23-20)26(15-25-19)13-12-18(16-8-4-2-5-9-16)17-10-6-3-7-11-17/h2-11,14-15,18H,12-13H2,1H3,(H,22,23,24). The molecule has 0 amide bonds. The van der Waals surface area contributed by atoms with Gasteiger partial charge in [-0.15, -0.1) is 0 Å². The van der Waals surface area contributed by atoms with Crippen molar-refractivity contribution >= 4 is 17.0 Å². The summed E-state index contributed by atoms with van der Waals surface area (Å²) in [6.45, 7) is 0.838. The summed E-state index contributed by atoms with van der Waals surface area (Å²) in [6, 6.07) is 21.3. The molecule has 0 aliphatic heterocycles. The van der Waals surface area contributed by atoms with Gasteiger partial charge in [-0.3, -0.25) is 0 Å². The van der Waals surface area contributed by atoms with Crippen molar-refractivity contribution in [1.82, 2.24) is 19.5 Å². The lowest BCUT2D eigenvalue weighted by atomic mass is 9.88. The van der Waals surface area contributed by atoms with E-state index in [9.17, 15) is 0 Å². The molecule has 5 nitrogen and oxygen atoms in total. The molecule has 0 saturated carbocycles. The Bertz CT molecular complexity index is 940. The Hall–Kier alpha value is -3.21. The lowest BCUT2D eigenvalue weighted by molar-refractivity contribution is 0.603. The Labute approximate surface area is 152 Å². The second kappa shape index (κ2) is 7.35. The zero-order valence-electron chi connectivity index (χ0n) is 14.7. The highest BCUT2D eigenvalue weighted by Gasteiger charge is 2.15. The normalized spacial score (nSPS) is 11.2. The first-order valence-electron chi connectivity index (χ1n) is 8.80. The summed E-state index contributed by atoms with van der Waals surface area (Å²) in [7, 11) is 1.85. The summed E-state index contributed by atoms with van der Waals surface area (Å²) in [4.78, 5) is 13.1. The number of rotatable bonds is 6. The van der Waals surface area contributed by atoms with Gasteiger partial charge in [-0.25, -0.2) is 15.0 Å². The maximum Gasteiger partial charge on any atom is 0.165 e. The highest BCUT2D eigenvalue weighted by molar-refractivity contribution is 5.82. The van der Waals surface area contributed by atoms with E-state index < -0.39 is 0 Å². The highest BCUT2D eigenvalue weighted by Crippen LogP contribution is 2.29. The van der Waals surface area contributed by atoms with Crippen molar-refractivity contribution in [2.45, 2.75) is 18.9 Å². The van der Waals surface area contributed by atoms with Gasteiger partial charge in [0.25, 0.3) is 0 Å². The van der Waals surface area contributed by atoms with Gasteiger partial charge in [-0.2, -0.15) is 0 Å². The van der Waals surface area contributed by atoms with E-state index in [1.165, 1.54) is 11.1 Å². The fraction of sp³-hybridized carbons (Fsp3) is 0.190. The average Bonchev–Trinajstić information content (AvgIpc) is 3.13. The van der Waals surface area contributed by atoms with Gasteiger partial charge in [-0.1, -0.05) is 60.7 Å². The SMILES string of the molecule is CNc1ncnc2c1ncn2CCC(c1ccccc1)c1ccccc1. The molecule has 1 N–H and O–H groups in total. The predicted octanol–water partition coefficient (Wildman–Crippen LogP) is 4.09. The van der Waals surface area contributed by atoms with E-state index in [4.69, 9.17) is 0 Å². The minimum absolute atomic E-state index is 0.334. The van der Waals surface area contributed by atoms with E-state index in [2.05, 4.69) is 85.5 Å². The van der Waals surface area contributed by atoms with Crippen LogP contribution in [0.4, 0.5) is 5.82 Å².